The van der Waals surface area contributed by atoms with Crippen molar-refractivity contribution in [1.82, 2.24) is 20.1 Å². The SMILES string of the molecule is CCn1c(SCC(=O)Nc2sc3c(c2C#N)CCCC3)nnc1[C@H](NC(=O)c1ccc(Cl)cc1Cl)C(C)C. The van der Waals surface area contributed by atoms with Crippen LogP contribution in [-0.4, -0.2) is 32.3 Å². The van der Waals surface area contributed by atoms with Crippen LogP contribution >= 0.6 is 46.3 Å². The van der Waals surface area contributed by atoms with Gasteiger partial charge in [-0.25, -0.2) is 0 Å². The number of hydrogen-bond donors (Lipinski definition) is 2. The number of aromatic nitrogens is 3. The average molecular weight is 592 g/mol. The minimum atomic E-state index is -0.430. The van der Waals surface area contributed by atoms with E-state index in [4.69, 9.17) is 23.2 Å². The van der Waals surface area contributed by atoms with Crippen molar-refractivity contribution < 1.29 is 9.59 Å². The Morgan fingerprint density at radius 2 is 2.00 bits per heavy atom. The molecule has 0 radical (unpaired) electrons. The van der Waals surface area contributed by atoms with Gasteiger partial charge in [-0.2, -0.15) is 5.26 Å². The van der Waals surface area contributed by atoms with Gasteiger partial charge in [-0.1, -0.05) is 48.8 Å². The number of carbonyl (C=O) groups is 2. The van der Waals surface area contributed by atoms with Gasteiger partial charge in [0.25, 0.3) is 5.91 Å². The van der Waals surface area contributed by atoms with Crippen molar-refractivity contribution in [2.75, 3.05) is 11.1 Å². The van der Waals surface area contributed by atoms with Crippen molar-refractivity contribution in [2.24, 2.45) is 5.92 Å². The minimum Gasteiger partial charge on any atom is -0.342 e. The number of thiophene rings is 1. The van der Waals surface area contributed by atoms with Crippen molar-refractivity contribution in [3.8, 4) is 6.07 Å². The molecule has 8 nitrogen and oxygen atoms in total. The summed E-state index contributed by atoms with van der Waals surface area (Å²) in [5.74, 6) is 0.182. The molecule has 38 heavy (non-hydrogen) atoms. The standard InChI is InChI=1S/C26H28Cl2N6O2S2/c1-4-34-23(22(14(2)3)31-24(36)17-10-9-15(27)11-19(17)28)32-33-26(34)37-13-21(35)30-25-18(12-29)16-7-5-6-8-20(16)38-25/h9-11,14,22H,4-8,13H2,1-3H3,(H,30,35)(H,31,36)/t22-/m1/s1. The van der Waals surface area contributed by atoms with E-state index in [9.17, 15) is 14.9 Å². The lowest BCUT2D eigenvalue weighted by Gasteiger charge is -2.22. The number of nitrogens with one attached hydrogen (secondary N) is 2. The Morgan fingerprint density at radius 3 is 2.68 bits per heavy atom. The first-order chi connectivity index (χ1) is 18.2. The van der Waals surface area contributed by atoms with E-state index in [1.54, 1.807) is 12.1 Å². The molecule has 1 aliphatic carbocycles. The lowest BCUT2D eigenvalue weighted by Crippen LogP contribution is -2.34. The van der Waals surface area contributed by atoms with Crippen molar-refractivity contribution in [2.45, 2.75) is 64.2 Å². The Hall–Kier alpha value is -2.58. The number of carbonyl (C=O) groups excluding carboxylic acids is 2. The van der Waals surface area contributed by atoms with E-state index in [1.165, 1.54) is 34.0 Å². The minimum absolute atomic E-state index is 0.00920. The van der Waals surface area contributed by atoms with Gasteiger partial charge in [-0.05, 0) is 62.3 Å². The van der Waals surface area contributed by atoms with Crippen molar-refractivity contribution in [1.29, 1.82) is 5.26 Å². The van der Waals surface area contributed by atoms with Gasteiger partial charge in [-0.3, -0.25) is 9.59 Å². The third-order valence-corrected chi connectivity index (χ3v) is 9.06. The number of aryl methyl sites for hydroxylation is 1. The van der Waals surface area contributed by atoms with Crippen LogP contribution in [0.5, 0.6) is 0 Å². The first kappa shape index (κ1) is 28.4. The van der Waals surface area contributed by atoms with Crippen LogP contribution in [-0.2, 0) is 24.2 Å². The highest BCUT2D eigenvalue weighted by atomic mass is 35.5. The lowest BCUT2D eigenvalue weighted by atomic mass is 9.96. The smallest absolute Gasteiger partial charge is 0.253 e. The van der Waals surface area contributed by atoms with E-state index >= 15 is 0 Å². The van der Waals surface area contributed by atoms with Crippen molar-refractivity contribution >= 4 is 63.1 Å². The van der Waals surface area contributed by atoms with Gasteiger partial charge in [0.05, 0.1) is 27.9 Å². The first-order valence-corrected chi connectivity index (χ1v) is 15.0. The van der Waals surface area contributed by atoms with Crippen LogP contribution in [0, 0.1) is 17.2 Å². The molecule has 2 heterocycles. The summed E-state index contributed by atoms with van der Waals surface area (Å²) in [6.07, 6.45) is 4.03. The quantitative estimate of drug-likeness (QED) is 0.284. The fourth-order valence-corrected chi connectivity index (χ4v) is 6.98. The van der Waals surface area contributed by atoms with E-state index in [2.05, 4.69) is 26.9 Å². The van der Waals surface area contributed by atoms with Gasteiger partial charge < -0.3 is 15.2 Å². The molecule has 0 unspecified atom stereocenters. The molecule has 0 saturated carbocycles. The molecule has 0 aliphatic heterocycles. The summed E-state index contributed by atoms with van der Waals surface area (Å²) >= 11 is 15.0. The number of nitrogens with zero attached hydrogens (tertiary/aromatic N) is 4. The largest absolute Gasteiger partial charge is 0.342 e. The van der Waals surface area contributed by atoms with Gasteiger partial charge in [0.2, 0.25) is 5.91 Å². The molecule has 2 amide bonds. The topological polar surface area (TPSA) is 113 Å². The number of rotatable bonds is 9. The van der Waals surface area contributed by atoms with Gasteiger partial charge in [-0.15, -0.1) is 21.5 Å². The molecule has 3 aromatic rings. The van der Waals surface area contributed by atoms with E-state index in [0.717, 1.165) is 31.2 Å². The fraction of sp³-hybridized carbons (Fsp3) is 0.423. The second-order valence-corrected chi connectivity index (χ2v) is 12.2. The first-order valence-electron chi connectivity index (χ1n) is 12.4. The Bertz CT molecular complexity index is 1400. The molecule has 0 bridgehead atoms. The van der Waals surface area contributed by atoms with Crippen molar-refractivity contribution in [3.63, 3.8) is 0 Å². The summed E-state index contributed by atoms with van der Waals surface area (Å²) in [6, 6.07) is 6.58. The molecule has 0 spiro atoms. The third-order valence-electron chi connectivity index (χ3n) is 6.34. The number of anilines is 1. The molecule has 2 N–H and O–H groups in total. The molecule has 2 aromatic heterocycles. The van der Waals surface area contributed by atoms with E-state index in [-0.39, 0.29) is 28.5 Å². The highest BCUT2D eigenvalue weighted by molar-refractivity contribution is 7.99. The number of fused-ring (bicyclic) bond motifs is 1. The van der Waals surface area contributed by atoms with Crippen molar-refractivity contribution in [3.05, 3.63) is 55.6 Å². The van der Waals surface area contributed by atoms with Crippen LogP contribution in [0.3, 0.4) is 0 Å². The number of nitriles is 1. The Balaban J connectivity index is 1.46. The molecule has 1 atom stereocenters. The Morgan fingerprint density at radius 1 is 1.24 bits per heavy atom. The van der Waals surface area contributed by atoms with Gasteiger partial charge in [0.1, 0.15) is 11.1 Å². The predicted octanol–water partition coefficient (Wildman–Crippen LogP) is 6.27. The molecule has 12 heteroatoms. The molecule has 200 valence electrons. The summed E-state index contributed by atoms with van der Waals surface area (Å²) in [7, 11) is 0. The number of amides is 2. The number of hydrogen-bond acceptors (Lipinski definition) is 7. The normalized spacial score (nSPS) is 13.6. The van der Waals surface area contributed by atoms with Gasteiger partial charge >= 0.3 is 0 Å². The lowest BCUT2D eigenvalue weighted by molar-refractivity contribution is -0.113. The number of benzene rings is 1. The fourth-order valence-electron chi connectivity index (χ4n) is 4.42. The second-order valence-electron chi connectivity index (χ2n) is 9.27. The summed E-state index contributed by atoms with van der Waals surface area (Å²) in [4.78, 5) is 27.0. The molecular weight excluding hydrogens is 563 g/mol. The zero-order valence-corrected chi connectivity index (χ0v) is 24.5. The molecule has 1 aliphatic rings. The monoisotopic (exact) mass is 590 g/mol. The summed E-state index contributed by atoms with van der Waals surface area (Å²) in [6.45, 7) is 6.48. The van der Waals surface area contributed by atoms with E-state index < -0.39 is 6.04 Å². The average Bonchev–Trinajstić information content (AvgIpc) is 3.45. The second kappa shape index (κ2) is 12.5. The zero-order chi connectivity index (χ0) is 27.4. The molecule has 0 saturated heterocycles. The third kappa shape index (κ3) is 6.18. The maximum absolute atomic E-state index is 13.0. The van der Waals surface area contributed by atoms with Crippen LogP contribution in [0.4, 0.5) is 5.00 Å². The number of halogens is 2. The summed E-state index contributed by atoms with van der Waals surface area (Å²) in [5.41, 5.74) is 2.00. The summed E-state index contributed by atoms with van der Waals surface area (Å²) < 4.78 is 1.90. The molecular formula is C26H28Cl2N6O2S2. The summed E-state index contributed by atoms with van der Waals surface area (Å²) in [5, 5.41) is 26.2. The number of thioether (sulfide) groups is 1. The Kier molecular flexibility index (Phi) is 9.36. The van der Waals surface area contributed by atoms with Crippen LogP contribution < -0.4 is 10.6 Å². The molecule has 0 fully saturated rings. The van der Waals surface area contributed by atoms with E-state index in [0.29, 0.717) is 38.7 Å². The van der Waals surface area contributed by atoms with Gasteiger partial charge in [0.15, 0.2) is 11.0 Å². The highest BCUT2D eigenvalue weighted by Gasteiger charge is 2.27. The molecule has 1 aromatic carbocycles. The van der Waals surface area contributed by atoms with Crippen LogP contribution in [0.25, 0.3) is 0 Å². The maximum Gasteiger partial charge on any atom is 0.253 e. The van der Waals surface area contributed by atoms with Crippen LogP contribution in [0.1, 0.15) is 71.8 Å². The zero-order valence-electron chi connectivity index (χ0n) is 21.3. The van der Waals surface area contributed by atoms with Crippen LogP contribution in [0.2, 0.25) is 10.0 Å². The maximum atomic E-state index is 13.0. The highest BCUT2D eigenvalue weighted by Crippen LogP contribution is 2.37. The Labute approximate surface area is 240 Å². The predicted molar refractivity (Wildman–Crippen MR) is 152 cm³/mol. The van der Waals surface area contributed by atoms with Gasteiger partial charge in [0, 0.05) is 16.4 Å². The van der Waals surface area contributed by atoms with Crippen LogP contribution in [0.15, 0.2) is 23.4 Å². The molecule has 4 rings (SSSR count). The van der Waals surface area contributed by atoms with E-state index in [1.807, 2.05) is 25.3 Å².